The van der Waals surface area contributed by atoms with Gasteiger partial charge < -0.3 is 5.41 Å². The summed E-state index contributed by atoms with van der Waals surface area (Å²) in [5.41, 5.74) is 1.32. The summed E-state index contributed by atoms with van der Waals surface area (Å²) in [6.07, 6.45) is 5.46. The van der Waals surface area contributed by atoms with E-state index < -0.39 is 0 Å². The highest BCUT2D eigenvalue weighted by Gasteiger charge is 2.22. The summed E-state index contributed by atoms with van der Waals surface area (Å²) in [5, 5.41) is 17.9. The summed E-state index contributed by atoms with van der Waals surface area (Å²) in [6, 6.07) is 2.08. The zero-order chi connectivity index (χ0) is 12.0. The highest BCUT2D eigenvalue weighted by atomic mass is 14.7. The lowest BCUT2D eigenvalue weighted by Gasteiger charge is -2.24. The first-order chi connectivity index (χ1) is 7.74. The van der Waals surface area contributed by atoms with Crippen LogP contribution in [-0.4, -0.2) is 5.87 Å². The Kier molecular flexibility index (Phi) is 4.52. The first kappa shape index (κ1) is 12.2. The fourth-order valence-electron chi connectivity index (χ4n) is 2.27. The predicted octanol–water partition coefficient (Wildman–Crippen LogP) is 3.45. The van der Waals surface area contributed by atoms with Gasteiger partial charge in [-0.25, -0.2) is 4.85 Å². The molecule has 82 valence electrons. The number of nitriles is 1. The van der Waals surface area contributed by atoms with Crippen molar-refractivity contribution in [3.05, 3.63) is 33.7 Å². The van der Waals surface area contributed by atoms with E-state index in [4.69, 9.17) is 17.2 Å². The molecule has 1 saturated carbocycles. The molecule has 16 heavy (non-hydrogen) atoms. The van der Waals surface area contributed by atoms with Crippen LogP contribution in [0.5, 0.6) is 0 Å². The molecule has 0 aromatic carbocycles. The zero-order valence-electron chi connectivity index (χ0n) is 9.45. The van der Waals surface area contributed by atoms with Gasteiger partial charge in [-0.15, -0.1) is 0 Å². The highest BCUT2D eigenvalue weighted by molar-refractivity contribution is 5.71. The van der Waals surface area contributed by atoms with Crippen LogP contribution in [0.4, 0.5) is 0 Å². The third-order valence-electron chi connectivity index (χ3n) is 3.06. The van der Waals surface area contributed by atoms with E-state index in [2.05, 4.69) is 10.9 Å². The Morgan fingerprint density at radius 1 is 1.38 bits per heavy atom. The molecule has 0 heterocycles. The van der Waals surface area contributed by atoms with E-state index in [1.807, 2.05) is 5.87 Å². The second kappa shape index (κ2) is 5.91. The number of allylic oxidation sites excluding steroid dienone is 2. The standard InChI is InChI=1S/C13H14N3/c1-10(8-14)13(12(9-15)16-2)11-6-4-3-5-7-11/h11H,3-7H2,1H3/q-1/b13-10+. The third kappa shape index (κ3) is 2.60. The van der Waals surface area contributed by atoms with Gasteiger partial charge in [0.1, 0.15) is 0 Å². The van der Waals surface area contributed by atoms with Crippen molar-refractivity contribution < 1.29 is 0 Å². The van der Waals surface area contributed by atoms with Crippen molar-refractivity contribution >= 4 is 5.87 Å². The predicted molar refractivity (Wildman–Crippen MR) is 63.4 cm³/mol. The first-order valence-corrected chi connectivity index (χ1v) is 5.50. The smallest absolute Gasteiger partial charge is 0.210 e. The topological polar surface area (TPSA) is 50.5 Å². The monoisotopic (exact) mass is 212 g/mol. The van der Waals surface area contributed by atoms with Crippen molar-refractivity contribution in [2.24, 2.45) is 5.92 Å². The van der Waals surface area contributed by atoms with E-state index in [1.54, 1.807) is 6.92 Å². The SMILES string of the molecule is [C-]#[N+]C(=C=[N-])/C(=C(\C)C#N)C1CCCCC1. The van der Waals surface area contributed by atoms with E-state index in [-0.39, 0.29) is 11.6 Å². The first-order valence-electron chi connectivity index (χ1n) is 5.50. The molecule has 0 bridgehead atoms. The molecule has 0 aliphatic heterocycles. The molecule has 0 radical (unpaired) electrons. The lowest BCUT2D eigenvalue weighted by atomic mass is 9.81. The molecule has 3 heteroatoms. The molecular formula is C13H14N3-. The largest absolute Gasteiger partial charge is 0.775 e. The number of hydrogen-bond acceptors (Lipinski definition) is 1. The Hall–Kier alpha value is -1.83. The molecule has 0 amide bonds. The van der Waals surface area contributed by atoms with Gasteiger partial charge >= 0.3 is 0 Å². The zero-order valence-corrected chi connectivity index (χ0v) is 9.45. The van der Waals surface area contributed by atoms with Crippen LogP contribution >= 0.6 is 0 Å². The van der Waals surface area contributed by atoms with Gasteiger partial charge in [0, 0.05) is 5.57 Å². The van der Waals surface area contributed by atoms with Gasteiger partial charge in [0.25, 0.3) is 0 Å². The van der Waals surface area contributed by atoms with Crippen molar-refractivity contribution in [3.8, 4) is 6.07 Å². The van der Waals surface area contributed by atoms with Crippen molar-refractivity contribution in [1.29, 1.82) is 5.26 Å². The molecule has 0 saturated heterocycles. The van der Waals surface area contributed by atoms with Gasteiger partial charge in [-0.1, -0.05) is 19.3 Å². The van der Waals surface area contributed by atoms with E-state index in [0.29, 0.717) is 11.1 Å². The Bertz CT molecular complexity index is 419. The summed E-state index contributed by atoms with van der Waals surface area (Å²) < 4.78 is 0. The maximum absolute atomic E-state index is 8.94. The van der Waals surface area contributed by atoms with Crippen molar-refractivity contribution in [3.63, 3.8) is 0 Å². The van der Waals surface area contributed by atoms with Crippen LogP contribution in [0.25, 0.3) is 10.3 Å². The van der Waals surface area contributed by atoms with Crippen LogP contribution in [0.2, 0.25) is 0 Å². The van der Waals surface area contributed by atoms with Crippen LogP contribution in [0, 0.1) is 23.8 Å². The Labute approximate surface area is 96.4 Å². The molecule has 0 aromatic heterocycles. The Morgan fingerprint density at radius 2 is 2.00 bits per heavy atom. The summed E-state index contributed by atoms with van der Waals surface area (Å²) in [5.74, 6) is 2.15. The quantitative estimate of drug-likeness (QED) is 0.299. The van der Waals surface area contributed by atoms with Crippen molar-refractivity contribution in [1.82, 2.24) is 0 Å². The molecule has 1 aliphatic carbocycles. The number of rotatable bonds is 2. The minimum atomic E-state index is 0.103. The van der Waals surface area contributed by atoms with Gasteiger partial charge in [-0.2, -0.15) is 5.26 Å². The van der Waals surface area contributed by atoms with Crippen LogP contribution in [0.1, 0.15) is 39.0 Å². The summed E-state index contributed by atoms with van der Waals surface area (Å²) in [6.45, 7) is 8.70. The summed E-state index contributed by atoms with van der Waals surface area (Å²) >= 11 is 0. The van der Waals surface area contributed by atoms with Gasteiger partial charge in [-0.3, -0.25) is 5.87 Å². The molecule has 0 aromatic rings. The summed E-state index contributed by atoms with van der Waals surface area (Å²) in [7, 11) is 0. The molecule has 1 fully saturated rings. The van der Waals surface area contributed by atoms with E-state index >= 15 is 0 Å². The average Bonchev–Trinajstić information content (AvgIpc) is 2.36. The second-order valence-corrected chi connectivity index (χ2v) is 4.06. The van der Waals surface area contributed by atoms with E-state index in [1.165, 1.54) is 6.42 Å². The van der Waals surface area contributed by atoms with Gasteiger partial charge in [0.2, 0.25) is 5.70 Å². The molecular weight excluding hydrogens is 198 g/mol. The summed E-state index contributed by atoms with van der Waals surface area (Å²) in [4.78, 5) is 3.25. The minimum Gasteiger partial charge on any atom is -0.775 e. The highest BCUT2D eigenvalue weighted by Crippen LogP contribution is 2.34. The molecule has 3 nitrogen and oxygen atoms in total. The van der Waals surface area contributed by atoms with Gasteiger partial charge in [-0.05, 0) is 31.3 Å². The van der Waals surface area contributed by atoms with Gasteiger partial charge in [0.15, 0.2) is 0 Å². The lowest BCUT2D eigenvalue weighted by Crippen LogP contribution is -2.11. The molecule has 0 atom stereocenters. The average molecular weight is 212 g/mol. The molecule has 0 unspecified atom stereocenters. The van der Waals surface area contributed by atoms with E-state index in [0.717, 1.165) is 25.7 Å². The fraction of sp³-hybridized carbons (Fsp3) is 0.538. The van der Waals surface area contributed by atoms with E-state index in [9.17, 15) is 0 Å². The van der Waals surface area contributed by atoms with Crippen LogP contribution in [-0.2, 0) is 0 Å². The second-order valence-electron chi connectivity index (χ2n) is 4.06. The molecule has 1 aliphatic rings. The number of nitrogens with zero attached hydrogens (tertiary/aromatic N) is 3. The lowest BCUT2D eigenvalue weighted by molar-refractivity contribution is 0.405. The van der Waals surface area contributed by atoms with Crippen molar-refractivity contribution in [2.45, 2.75) is 39.0 Å². The third-order valence-corrected chi connectivity index (χ3v) is 3.06. The van der Waals surface area contributed by atoms with Crippen molar-refractivity contribution in [2.75, 3.05) is 0 Å². The Balaban J connectivity index is 3.12. The number of hydrogen-bond donors (Lipinski definition) is 0. The molecule has 1 rings (SSSR count). The minimum absolute atomic E-state index is 0.103. The van der Waals surface area contributed by atoms with Crippen LogP contribution in [0.3, 0.4) is 0 Å². The maximum Gasteiger partial charge on any atom is 0.210 e. The molecule has 0 spiro atoms. The normalized spacial score (nSPS) is 17.7. The Morgan fingerprint density at radius 3 is 2.44 bits per heavy atom. The van der Waals surface area contributed by atoms with Crippen LogP contribution < -0.4 is 0 Å². The maximum atomic E-state index is 8.94. The van der Waals surface area contributed by atoms with Gasteiger partial charge in [0.05, 0.1) is 12.6 Å². The van der Waals surface area contributed by atoms with Crippen LogP contribution in [0.15, 0.2) is 16.8 Å². The molecule has 0 N–H and O–H groups in total. The fourth-order valence-corrected chi connectivity index (χ4v) is 2.27.